The minimum Gasteiger partial charge on any atom is -0.353 e. The summed E-state index contributed by atoms with van der Waals surface area (Å²) in [4.78, 5) is 0. The van der Waals surface area contributed by atoms with Gasteiger partial charge in [0.1, 0.15) is 0 Å². The summed E-state index contributed by atoms with van der Waals surface area (Å²) in [5, 5.41) is 0. The maximum Gasteiger partial charge on any atom is 0.158 e. The number of hydrogen-bond acceptors (Lipinski definition) is 2. The van der Waals surface area contributed by atoms with E-state index in [1.165, 1.54) is 0 Å². The molecule has 2 nitrogen and oxygen atoms in total. The fourth-order valence-corrected chi connectivity index (χ4v) is 1.04. The normalized spacial score (nSPS) is 12.5. The summed E-state index contributed by atoms with van der Waals surface area (Å²) >= 11 is 0. The molecule has 0 aliphatic heterocycles. The Bertz CT molecular complexity index is 98.9. The van der Waals surface area contributed by atoms with E-state index in [4.69, 9.17) is 9.47 Å². The topological polar surface area (TPSA) is 18.5 Å². The molecule has 0 rings (SSSR count). The fraction of sp³-hybridized carbons (Fsp3) is 1.00. The number of hydrogen-bond donors (Lipinski definition) is 0. The molecule has 0 bridgehead atoms. The van der Waals surface area contributed by atoms with Gasteiger partial charge in [-0.15, -0.1) is 0 Å². The van der Waals surface area contributed by atoms with Crippen LogP contribution < -0.4 is 0 Å². The molecule has 0 aliphatic rings. The molecule has 0 spiro atoms. The van der Waals surface area contributed by atoms with Gasteiger partial charge in [-0.3, -0.25) is 0 Å². The minimum atomic E-state index is -0.0278. The molecule has 0 N–H and O–H groups in total. The van der Waals surface area contributed by atoms with E-state index < -0.39 is 0 Å². The van der Waals surface area contributed by atoms with Crippen molar-refractivity contribution < 1.29 is 9.47 Å². The second-order valence-corrected chi connectivity index (χ2v) is 4.11. The zero-order valence-corrected chi connectivity index (χ0v) is 9.02. The Hall–Kier alpha value is -0.0800. The van der Waals surface area contributed by atoms with Gasteiger partial charge < -0.3 is 9.47 Å². The highest BCUT2D eigenvalue weighted by molar-refractivity contribution is 4.63. The number of ether oxygens (including phenoxy) is 2. The van der Waals surface area contributed by atoms with E-state index in [1.807, 2.05) is 13.8 Å². The first-order valence-electron chi connectivity index (χ1n) is 4.72. The first-order chi connectivity index (χ1) is 5.49. The highest BCUT2D eigenvalue weighted by Crippen LogP contribution is 2.22. The lowest BCUT2D eigenvalue weighted by Crippen LogP contribution is -2.23. The van der Waals surface area contributed by atoms with Crippen LogP contribution in [0.15, 0.2) is 0 Å². The summed E-state index contributed by atoms with van der Waals surface area (Å²) in [6.07, 6.45) is 0.925. The molecule has 0 saturated carbocycles. The molecule has 0 aromatic heterocycles. The van der Waals surface area contributed by atoms with Crippen LogP contribution in [0.4, 0.5) is 0 Å². The lowest BCUT2D eigenvalue weighted by atomic mass is 9.92. The second kappa shape index (κ2) is 5.55. The Kier molecular flexibility index (Phi) is 5.51. The van der Waals surface area contributed by atoms with Crippen molar-refractivity contribution in [3.8, 4) is 0 Å². The van der Waals surface area contributed by atoms with Crippen molar-refractivity contribution in [3.63, 3.8) is 0 Å². The second-order valence-electron chi connectivity index (χ2n) is 4.11. The first-order valence-corrected chi connectivity index (χ1v) is 4.72. The molecule has 0 aromatic carbocycles. The zero-order chi connectivity index (χ0) is 9.61. The lowest BCUT2D eigenvalue weighted by Gasteiger charge is -2.25. The van der Waals surface area contributed by atoms with Crippen LogP contribution in [0.5, 0.6) is 0 Å². The molecule has 12 heavy (non-hydrogen) atoms. The standard InChI is InChI=1S/C10H22O2/c1-6-11-9(12-7-2)8-10(3,4)5/h9H,6-8H2,1-5H3. The van der Waals surface area contributed by atoms with Crippen LogP contribution >= 0.6 is 0 Å². The Morgan fingerprint density at radius 2 is 1.42 bits per heavy atom. The average Bonchev–Trinajstić information content (AvgIpc) is 1.84. The molecular weight excluding hydrogens is 152 g/mol. The van der Waals surface area contributed by atoms with Gasteiger partial charge in [0, 0.05) is 19.6 Å². The third-order valence-corrected chi connectivity index (χ3v) is 1.48. The van der Waals surface area contributed by atoms with Crippen molar-refractivity contribution in [1.29, 1.82) is 0 Å². The van der Waals surface area contributed by atoms with Crippen LogP contribution in [-0.4, -0.2) is 19.5 Å². The van der Waals surface area contributed by atoms with Crippen LogP contribution in [0.3, 0.4) is 0 Å². The zero-order valence-electron chi connectivity index (χ0n) is 9.02. The van der Waals surface area contributed by atoms with Gasteiger partial charge >= 0.3 is 0 Å². The van der Waals surface area contributed by atoms with Crippen molar-refractivity contribution in [3.05, 3.63) is 0 Å². The largest absolute Gasteiger partial charge is 0.353 e. The first kappa shape index (κ1) is 11.9. The van der Waals surface area contributed by atoms with Gasteiger partial charge in [-0.1, -0.05) is 20.8 Å². The van der Waals surface area contributed by atoms with Gasteiger partial charge in [-0.2, -0.15) is 0 Å². The molecule has 0 unspecified atom stereocenters. The summed E-state index contributed by atoms with van der Waals surface area (Å²) in [6, 6.07) is 0. The maximum atomic E-state index is 5.44. The molecule has 0 amide bonds. The van der Waals surface area contributed by atoms with Crippen molar-refractivity contribution in [2.75, 3.05) is 13.2 Å². The van der Waals surface area contributed by atoms with Gasteiger partial charge in [0.15, 0.2) is 6.29 Å². The van der Waals surface area contributed by atoms with E-state index in [0.29, 0.717) is 0 Å². The Morgan fingerprint density at radius 3 is 1.67 bits per heavy atom. The Morgan fingerprint density at radius 1 is 1.00 bits per heavy atom. The highest BCUT2D eigenvalue weighted by Gasteiger charge is 2.18. The summed E-state index contributed by atoms with van der Waals surface area (Å²) in [7, 11) is 0. The number of rotatable bonds is 5. The van der Waals surface area contributed by atoms with E-state index in [2.05, 4.69) is 20.8 Å². The predicted octanol–water partition coefficient (Wildman–Crippen LogP) is 2.82. The summed E-state index contributed by atoms with van der Waals surface area (Å²) in [6.45, 7) is 12.0. The van der Waals surface area contributed by atoms with Gasteiger partial charge in [-0.25, -0.2) is 0 Å². The smallest absolute Gasteiger partial charge is 0.158 e. The molecule has 0 aromatic rings. The Balaban J connectivity index is 3.77. The Labute approximate surface area is 76.3 Å². The maximum absolute atomic E-state index is 5.44. The van der Waals surface area contributed by atoms with Crippen molar-refractivity contribution in [2.24, 2.45) is 5.41 Å². The summed E-state index contributed by atoms with van der Waals surface area (Å²) < 4.78 is 10.9. The highest BCUT2D eigenvalue weighted by atomic mass is 16.7. The molecule has 0 atom stereocenters. The van der Waals surface area contributed by atoms with Gasteiger partial charge in [0.2, 0.25) is 0 Å². The molecule has 0 fully saturated rings. The SMILES string of the molecule is CCOC(CC(C)(C)C)OCC. The summed E-state index contributed by atoms with van der Waals surface area (Å²) in [5.41, 5.74) is 0.273. The molecule has 0 heterocycles. The van der Waals surface area contributed by atoms with Crippen LogP contribution in [-0.2, 0) is 9.47 Å². The molecule has 2 heteroatoms. The fourth-order valence-electron chi connectivity index (χ4n) is 1.04. The monoisotopic (exact) mass is 174 g/mol. The predicted molar refractivity (Wildman–Crippen MR) is 51.1 cm³/mol. The van der Waals surface area contributed by atoms with Gasteiger partial charge in [-0.05, 0) is 19.3 Å². The third-order valence-electron chi connectivity index (χ3n) is 1.48. The van der Waals surface area contributed by atoms with Crippen molar-refractivity contribution in [1.82, 2.24) is 0 Å². The van der Waals surface area contributed by atoms with Crippen LogP contribution in [0.25, 0.3) is 0 Å². The van der Waals surface area contributed by atoms with Gasteiger partial charge in [0.25, 0.3) is 0 Å². The van der Waals surface area contributed by atoms with Crippen LogP contribution in [0, 0.1) is 5.41 Å². The van der Waals surface area contributed by atoms with E-state index in [0.717, 1.165) is 19.6 Å². The molecule has 74 valence electrons. The molecule has 0 aliphatic carbocycles. The van der Waals surface area contributed by atoms with Crippen molar-refractivity contribution >= 4 is 0 Å². The third kappa shape index (κ3) is 6.62. The van der Waals surface area contributed by atoms with E-state index in [1.54, 1.807) is 0 Å². The van der Waals surface area contributed by atoms with E-state index >= 15 is 0 Å². The average molecular weight is 174 g/mol. The van der Waals surface area contributed by atoms with E-state index in [-0.39, 0.29) is 11.7 Å². The lowest BCUT2D eigenvalue weighted by molar-refractivity contribution is -0.151. The molecular formula is C10H22O2. The minimum absolute atomic E-state index is 0.0278. The summed E-state index contributed by atoms with van der Waals surface area (Å²) in [5.74, 6) is 0. The van der Waals surface area contributed by atoms with Gasteiger partial charge in [0.05, 0.1) is 0 Å². The van der Waals surface area contributed by atoms with E-state index in [9.17, 15) is 0 Å². The van der Waals surface area contributed by atoms with Crippen molar-refractivity contribution in [2.45, 2.75) is 47.3 Å². The van der Waals surface area contributed by atoms with Crippen LogP contribution in [0.1, 0.15) is 41.0 Å². The molecule has 0 saturated heterocycles. The quantitative estimate of drug-likeness (QED) is 0.597. The van der Waals surface area contributed by atoms with Crippen LogP contribution in [0.2, 0.25) is 0 Å². The molecule has 0 radical (unpaired) electrons.